The number of amides is 1. The van der Waals surface area contributed by atoms with Gasteiger partial charge in [0.05, 0.1) is 17.6 Å². The molecular formula is C17H19FN2O3S. The number of halogens is 1. The molecule has 2 aromatic carbocycles. The van der Waals surface area contributed by atoms with E-state index in [4.69, 9.17) is 0 Å². The molecule has 128 valence electrons. The van der Waals surface area contributed by atoms with Crippen molar-refractivity contribution < 1.29 is 17.6 Å². The highest BCUT2D eigenvalue weighted by Gasteiger charge is 2.21. The van der Waals surface area contributed by atoms with E-state index >= 15 is 0 Å². The van der Waals surface area contributed by atoms with Gasteiger partial charge in [-0.25, -0.2) is 12.8 Å². The van der Waals surface area contributed by atoms with Crippen LogP contribution in [0.1, 0.15) is 12.5 Å². The number of aryl methyl sites for hydroxylation is 1. The van der Waals surface area contributed by atoms with E-state index < -0.39 is 28.3 Å². The smallest absolute Gasteiger partial charge is 0.245 e. The van der Waals surface area contributed by atoms with Crippen molar-refractivity contribution in [1.29, 1.82) is 0 Å². The van der Waals surface area contributed by atoms with Crippen molar-refractivity contribution >= 4 is 27.3 Å². The zero-order valence-electron chi connectivity index (χ0n) is 13.5. The Hall–Kier alpha value is -2.41. The summed E-state index contributed by atoms with van der Waals surface area (Å²) in [6.07, 6.45) is 1.85. The lowest BCUT2D eigenvalue weighted by molar-refractivity contribution is -0.114. The maximum Gasteiger partial charge on any atom is 0.245 e. The first-order valence-electron chi connectivity index (χ1n) is 7.42. The summed E-state index contributed by atoms with van der Waals surface area (Å²) in [6.45, 7) is 1.56. The third-order valence-electron chi connectivity index (χ3n) is 3.47. The standard InChI is InChI=1S/C17H19FN2O3S/c1-3-13-8-10-14(11-9-13)20(24(2,22)23)12-17(21)19-16-7-5-4-6-15(16)18/h4-11H,3,12H2,1-2H3,(H,19,21). The quantitative estimate of drug-likeness (QED) is 0.871. The van der Waals surface area contributed by atoms with Crippen molar-refractivity contribution in [2.45, 2.75) is 13.3 Å². The number of benzene rings is 2. The predicted octanol–water partition coefficient (Wildman–Crippen LogP) is 2.79. The summed E-state index contributed by atoms with van der Waals surface area (Å²) >= 11 is 0. The molecule has 7 heteroatoms. The van der Waals surface area contributed by atoms with Crippen molar-refractivity contribution in [1.82, 2.24) is 0 Å². The van der Waals surface area contributed by atoms with E-state index in [9.17, 15) is 17.6 Å². The Labute approximate surface area is 141 Å². The van der Waals surface area contributed by atoms with Gasteiger partial charge in [0.25, 0.3) is 0 Å². The van der Waals surface area contributed by atoms with Gasteiger partial charge in [0.1, 0.15) is 12.4 Å². The minimum atomic E-state index is -3.66. The third-order valence-corrected chi connectivity index (χ3v) is 4.61. The minimum absolute atomic E-state index is 0.0114. The first-order valence-corrected chi connectivity index (χ1v) is 9.27. The van der Waals surface area contributed by atoms with Crippen molar-refractivity contribution in [2.24, 2.45) is 0 Å². The lowest BCUT2D eigenvalue weighted by atomic mass is 10.1. The van der Waals surface area contributed by atoms with Crippen molar-refractivity contribution in [3.63, 3.8) is 0 Å². The minimum Gasteiger partial charge on any atom is -0.322 e. The molecule has 24 heavy (non-hydrogen) atoms. The molecule has 0 aromatic heterocycles. The number of rotatable bonds is 6. The van der Waals surface area contributed by atoms with Gasteiger partial charge in [-0.05, 0) is 36.2 Å². The summed E-state index contributed by atoms with van der Waals surface area (Å²) in [7, 11) is -3.66. The first-order chi connectivity index (χ1) is 11.3. The van der Waals surface area contributed by atoms with Crippen LogP contribution >= 0.6 is 0 Å². The molecule has 5 nitrogen and oxygen atoms in total. The molecule has 0 saturated carbocycles. The third kappa shape index (κ3) is 4.55. The highest BCUT2D eigenvalue weighted by Crippen LogP contribution is 2.19. The van der Waals surface area contributed by atoms with Crippen LogP contribution in [0.4, 0.5) is 15.8 Å². The molecule has 0 aliphatic rings. The number of nitrogens with one attached hydrogen (secondary N) is 1. The number of carbonyl (C=O) groups excluding carboxylic acids is 1. The summed E-state index contributed by atoms with van der Waals surface area (Å²) in [5, 5.41) is 2.39. The van der Waals surface area contributed by atoms with Crippen molar-refractivity contribution in [3.8, 4) is 0 Å². The molecule has 0 atom stereocenters. The number of anilines is 2. The van der Waals surface area contributed by atoms with E-state index in [1.165, 1.54) is 18.2 Å². The van der Waals surface area contributed by atoms with Gasteiger partial charge in [0, 0.05) is 0 Å². The SMILES string of the molecule is CCc1ccc(N(CC(=O)Nc2ccccc2F)S(C)(=O)=O)cc1. The van der Waals surface area contributed by atoms with E-state index in [1.807, 2.05) is 19.1 Å². The van der Waals surface area contributed by atoms with Gasteiger partial charge in [-0.1, -0.05) is 31.2 Å². The zero-order valence-corrected chi connectivity index (χ0v) is 14.3. The summed E-state index contributed by atoms with van der Waals surface area (Å²) in [5.41, 5.74) is 1.46. The van der Waals surface area contributed by atoms with Gasteiger partial charge < -0.3 is 5.32 Å². The Bertz CT molecular complexity index is 820. The number of hydrogen-bond donors (Lipinski definition) is 1. The average Bonchev–Trinajstić information content (AvgIpc) is 2.54. The molecule has 0 heterocycles. The lowest BCUT2D eigenvalue weighted by Gasteiger charge is -2.22. The van der Waals surface area contributed by atoms with Gasteiger partial charge in [-0.15, -0.1) is 0 Å². The summed E-state index contributed by atoms with van der Waals surface area (Å²) in [4.78, 5) is 12.1. The second kappa shape index (κ2) is 7.44. The summed E-state index contributed by atoms with van der Waals surface area (Å²) in [6, 6.07) is 12.6. The maximum atomic E-state index is 13.6. The summed E-state index contributed by atoms with van der Waals surface area (Å²) < 4.78 is 38.6. The molecule has 1 amide bonds. The molecule has 0 unspecified atom stereocenters. The molecular weight excluding hydrogens is 331 g/mol. The fraction of sp³-hybridized carbons (Fsp3) is 0.235. The zero-order chi connectivity index (χ0) is 17.7. The van der Waals surface area contributed by atoms with Crippen LogP contribution in [0.5, 0.6) is 0 Å². The Morgan fingerprint density at radius 2 is 1.75 bits per heavy atom. The van der Waals surface area contributed by atoms with Crippen LogP contribution in [0.25, 0.3) is 0 Å². The summed E-state index contributed by atoms with van der Waals surface area (Å²) in [5.74, 6) is -1.20. The number of carbonyl (C=O) groups is 1. The normalized spacial score (nSPS) is 11.1. The number of sulfonamides is 1. The highest BCUT2D eigenvalue weighted by atomic mass is 32.2. The van der Waals surface area contributed by atoms with E-state index in [1.54, 1.807) is 18.2 Å². The Morgan fingerprint density at radius 3 is 2.29 bits per heavy atom. The highest BCUT2D eigenvalue weighted by molar-refractivity contribution is 7.92. The van der Waals surface area contributed by atoms with Crippen LogP contribution in [0, 0.1) is 5.82 Å². The molecule has 2 rings (SSSR count). The van der Waals surface area contributed by atoms with E-state index in [0.29, 0.717) is 5.69 Å². The van der Waals surface area contributed by atoms with Crippen LogP contribution in [-0.2, 0) is 21.2 Å². The van der Waals surface area contributed by atoms with Crippen LogP contribution in [0.15, 0.2) is 48.5 Å². The first kappa shape index (κ1) is 17.9. The Kier molecular flexibility index (Phi) is 5.56. The molecule has 0 bridgehead atoms. The van der Waals surface area contributed by atoms with Crippen LogP contribution in [-0.4, -0.2) is 27.1 Å². The van der Waals surface area contributed by atoms with Crippen LogP contribution in [0.2, 0.25) is 0 Å². The number of hydrogen-bond acceptors (Lipinski definition) is 3. The topological polar surface area (TPSA) is 66.5 Å². The second-order valence-corrected chi connectivity index (χ2v) is 7.22. The van der Waals surface area contributed by atoms with Crippen LogP contribution in [0.3, 0.4) is 0 Å². The van der Waals surface area contributed by atoms with E-state index in [-0.39, 0.29) is 5.69 Å². The molecule has 1 N–H and O–H groups in total. The number of nitrogens with zero attached hydrogens (tertiary/aromatic N) is 1. The molecule has 0 saturated heterocycles. The fourth-order valence-corrected chi connectivity index (χ4v) is 3.04. The molecule has 0 spiro atoms. The van der Waals surface area contributed by atoms with E-state index in [2.05, 4.69) is 5.32 Å². The van der Waals surface area contributed by atoms with Crippen LogP contribution < -0.4 is 9.62 Å². The lowest BCUT2D eigenvalue weighted by Crippen LogP contribution is -2.37. The monoisotopic (exact) mass is 350 g/mol. The van der Waals surface area contributed by atoms with Gasteiger partial charge in [0.15, 0.2) is 0 Å². The molecule has 0 fully saturated rings. The fourth-order valence-electron chi connectivity index (χ4n) is 2.18. The predicted molar refractivity (Wildman–Crippen MR) is 93.0 cm³/mol. The largest absolute Gasteiger partial charge is 0.322 e. The Morgan fingerprint density at radius 1 is 1.12 bits per heavy atom. The molecule has 0 radical (unpaired) electrons. The van der Waals surface area contributed by atoms with Gasteiger partial charge in [-0.3, -0.25) is 9.10 Å². The van der Waals surface area contributed by atoms with Gasteiger partial charge >= 0.3 is 0 Å². The molecule has 0 aliphatic heterocycles. The van der Waals surface area contributed by atoms with Crippen molar-refractivity contribution in [2.75, 3.05) is 22.4 Å². The maximum absolute atomic E-state index is 13.6. The van der Waals surface area contributed by atoms with Crippen molar-refractivity contribution in [3.05, 3.63) is 59.9 Å². The van der Waals surface area contributed by atoms with Gasteiger partial charge in [-0.2, -0.15) is 0 Å². The van der Waals surface area contributed by atoms with Gasteiger partial charge in [0.2, 0.25) is 15.9 Å². The molecule has 2 aromatic rings. The average molecular weight is 350 g/mol. The second-order valence-electron chi connectivity index (χ2n) is 5.32. The number of para-hydroxylation sites is 1. The molecule has 0 aliphatic carbocycles. The Balaban J connectivity index is 2.20. The van der Waals surface area contributed by atoms with E-state index in [0.717, 1.165) is 22.5 Å².